The average Bonchev–Trinajstić information content (AvgIpc) is 2.46. The van der Waals surface area contributed by atoms with Crippen molar-refractivity contribution in [3.63, 3.8) is 0 Å². The normalized spacial score (nSPS) is 12.0. The van der Waals surface area contributed by atoms with E-state index in [9.17, 15) is 4.79 Å². The number of hydrogen-bond acceptors (Lipinski definition) is 1. The largest absolute Gasteiger partial charge is 0.481 e. The summed E-state index contributed by atoms with van der Waals surface area (Å²) in [4.78, 5) is 10.3. The predicted molar refractivity (Wildman–Crippen MR) is 91.5 cm³/mol. The molecule has 0 rings (SSSR count). The van der Waals surface area contributed by atoms with Gasteiger partial charge in [0.1, 0.15) is 0 Å². The van der Waals surface area contributed by atoms with Crippen molar-refractivity contribution >= 4 is 5.97 Å². The Morgan fingerprint density at radius 2 is 1.29 bits per heavy atom. The molecule has 0 atom stereocenters. The Kier molecular flexibility index (Phi) is 15.7. The molecule has 0 radical (unpaired) electrons. The highest BCUT2D eigenvalue weighted by atomic mass is 16.4. The van der Waals surface area contributed by atoms with Crippen LogP contribution in [0.25, 0.3) is 0 Å². The molecule has 0 saturated heterocycles. The third-order valence-corrected chi connectivity index (χ3v) is 3.28. The lowest BCUT2D eigenvalue weighted by Crippen LogP contribution is -1.92. The fourth-order valence-electron chi connectivity index (χ4n) is 2.01. The van der Waals surface area contributed by atoms with Gasteiger partial charge in [0, 0.05) is 6.42 Å². The Hall–Kier alpha value is -1.31. The van der Waals surface area contributed by atoms with Gasteiger partial charge in [-0.3, -0.25) is 4.79 Å². The number of carboxylic acid groups (broad SMARTS) is 1. The highest BCUT2D eigenvalue weighted by molar-refractivity contribution is 5.66. The standard InChI is InChI=1S/C19H32O2/c1-2-3-4-5-6-7-8-9-10-11-12-13-14-15-16-17-18-19(20)21/h8-9,11-12,14-15H,2-7,10,13,16-18H2,1H3,(H,20,21). The first-order chi connectivity index (χ1) is 10.3. The SMILES string of the molecule is CCCCCCCC=CCC=CCC=CCCCC(=O)O. The zero-order valence-corrected chi connectivity index (χ0v) is 13.6. The monoisotopic (exact) mass is 292 g/mol. The summed E-state index contributed by atoms with van der Waals surface area (Å²) in [7, 11) is 0. The van der Waals surface area contributed by atoms with Crippen LogP contribution >= 0.6 is 0 Å². The van der Waals surface area contributed by atoms with Crippen molar-refractivity contribution in [2.45, 2.75) is 77.6 Å². The topological polar surface area (TPSA) is 37.3 Å². The minimum absolute atomic E-state index is 0.267. The van der Waals surface area contributed by atoms with Gasteiger partial charge in [-0.25, -0.2) is 0 Å². The number of hydrogen-bond donors (Lipinski definition) is 1. The number of allylic oxidation sites excluding steroid dienone is 6. The molecule has 0 aromatic carbocycles. The van der Waals surface area contributed by atoms with E-state index in [0.717, 1.165) is 25.7 Å². The van der Waals surface area contributed by atoms with Gasteiger partial charge < -0.3 is 5.11 Å². The lowest BCUT2D eigenvalue weighted by atomic mass is 10.1. The molecule has 2 nitrogen and oxygen atoms in total. The summed E-state index contributed by atoms with van der Waals surface area (Å²) in [5.74, 6) is -0.708. The van der Waals surface area contributed by atoms with Crippen molar-refractivity contribution in [1.29, 1.82) is 0 Å². The molecule has 0 amide bonds. The molecule has 0 fully saturated rings. The van der Waals surface area contributed by atoms with Crippen molar-refractivity contribution in [3.05, 3.63) is 36.5 Å². The van der Waals surface area contributed by atoms with Crippen LogP contribution in [0.15, 0.2) is 36.5 Å². The quantitative estimate of drug-likeness (QED) is 0.312. The van der Waals surface area contributed by atoms with Gasteiger partial charge in [0.2, 0.25) is 0 Å². The van der Waals surface area contributed by atoms with E-state index < -0.39 is 5.97 Å². The third-order valence-electron chi connectivity index (χ3n) is 3.28. The van der Waals surface area contributed by atoms with E-state index in [1.54, 1.807) is 0 Å². The second-order valence-corrected chi connectivity index (χ2v) is 5.37. The molecule has 0 bridgehead atoms. The number of rotatable bonds is 14. The van der Waals surface area contributed by atoms with Crippen molar-refractivity contribution < 1.29 is 9.90 Å². The maximum atomic E-state index is 10.3. The Balaban J connectivity index is 3.31. The summed E-state index contributed by atoms with van der Waals surface area (Å²) < 4.78 is 0. The molecule has 120 valence electrons. The highest BCUT2D eigenvalue weighted by Gasteiger charge is 1.92. The molecule has 1 N–H and O–H groups in total. The number of carbonyl (C=O) groups is 1. The maximum absolute atomic E-state index is 10.3. The number of carboxylic acids is 1. The minimum atomic E-state index is -0.708. The maximum Gasteiger partial charge on any atom is 0.303 e. The summed E-state index contributed by atoms with van der Waals surface area (Å²) in [6.07, 6.45) is 24.8. The Morgan fingerprint density at radius 3 is 1.86 bits per heavy atom. The van der Waals surface area contributed by atoms with Crippen LogP contribution in [0.5, 0.6) is 0 Å². The van der Waals surface area contributed by atoms with Gasteiger partial charge in [0.15, 0.2) is 0 Å². The minimum Gasteiger partial charge on any atom is -0.481 e. The first kappa shape index (κ1) is 19.7. The Bertz CT molecular complexity index is 314. The number of unbranched alkanes of at least 4 members (excludes halogenated alkanes) is 6. The predicted octanol–water partition coefficient (Wildman–Crippen LogP) is 6.05. The first-order valence-corrected chi connectivity index (χ1v) is 8.44. The average molecular weight is 292 g/mol. The van der Waals surface area contributed by atoms with E-state index in [0.29, 0.717) is 0 Å². The molecule has 0 unspecified atom stereocenters. The van der Waals surface area contributed by atoms with E-state index in [2.05, 4.69) is 43.4 Å². The molecule has 0 aliphatic rings. The molecule has 2 heteroatoms. The van der Waals surface area contributed by atoms with Crippen LogP contribution in [-0.2, 0) is 4.79 Å². The van der Waals surface area contributed by atoms with Crippen LogP contribution < -0.4 is 0 Å². The van der Waals surface area contributed by atoms with Crippen LogP contribution in [0, 0.1) is 0 Å². The zero-order valence-electron chi connectivity index (χ0n) is 13.6. The molecule has 0 aromatic heterocycles. The van der Waals surface area contributed by atoms with Gasteiger partial charge in [-0.1, -0.05) is 69.1 Å². The molecule has 0 aromatic rings. The highest BCUT2D eigenvalue weighted by Crippen LogP contribution is 2.05. The lowest BCUT2D eigenvalue weighted by Gasteiger charge is -1.95. The second kappa shape index (κ2) is 16.7. The van der Waals surface area contributed by atoms with E-state index in [1.807, 2.05) is 0 Å². The van der Waals surface area contributed by atoms with E-state index in [4.69, 9.17) is 5.11 Å². The molecule has 0 saturated carbocycles. The van der Waals surface area contributed by atoms with Crippen LogP contribution in [0.4, 0.5) is 0 Å². The number of aliphatic carboxylic acids is 1. The smallest absolute Gasteiger partial charge is 0.303 e. The van der Waals surface area contributed by atoms with Crippen LogP contribution in [0.1, 0.15) is 77.6 Å². The fraction of sp³-hybridized carbons (Fsp3) is 0.632. The summed E-state index contributed by atoms with van der Waals surface area (Å²) in [6.45, 7) is 2.25. The summed E-state index contributed by atoms with van der Waals surface area (Å²) in [5, 5.41) is 8.49. The van der Waals surface area contributed by atoms with Crippen LogP contribution in [-0.4, -0.2) is 11.1 Å². The van der Waals surface area contributed by atoms with Crippen molar-refractivity contribution in [1.82, 2.24) is 0 Å². The summed E-state index contributed by atoms with van der Waals surface area (Å²) in [6, 6.07) is 0. The molecule has 0 spiro atoms. The molecule has 0 aliphatic heterocycles. The molecular weight excluding hydrogens is 260 g/mol. The van der Waals surface area contributed by atoms with Gasteiger partial charge in [0.05, 0.1) is 0 Å². The van der Waals surface area contributed by atoms with Crippen LogP contribution in [0.2, 0.25) is 0 Å². The molecular formula is C19H32O2. The van der Waals surface area contributed by atoms with Crippen molar-refractivity contribution in [2.75, 3.05) is 0 Å². The van der Waals surface area contributed by atoms with Gasteiger partial charge in [-0.05, 0) is 38.5 Å². The summed E-state index contributed by atoms with van der Waals surface area (Å²) in [5.41, 5.74) is 0. The van der Waals surface area contributed by atoms with Gasteiger partial charge in [-0.2, -0.15) is 0 Å². The van der Waals surface area contributed by atoms with E-state index in [-0.39, 0.29) is 6.42 Å². The van der Waals surface area contributed by atoms with Crippen molar-refractivity contribution in [2.24, 2.45) is 0 Å². The fourth-order valence-corrected chi connectivity index (χ4v) is 2.01. The Labute approximate surface area is 130 Å². The summed E-state index contributed by atoms with van der Waals surface area (Å²) >= 11 is 0. The molecule has 0 aliphatic carbocycles. The Morgan fingerprint density at radius 1 is 0.762 bits per heavy atom. The van der Waals surface area contributed by atoms with Gasteiger partial charge >= 0.3 is 5.97 Å². The van der Waals surface area contributed by atoms with E-state index >= 15 is 0 Å². The van der Waals surface area contributed by atoms with Gasteiger partial charge in [-0.15, -0.1) is 0 Å². The zero-order chi connectivity index (χ0) is 15.6. The van der Waals surface area contributed by atoms with Crippen LogP contribution in [0.3, 0.4) is 0 Å². The second-order valence-electron chi connectivity index (χ2n) is 5.37. The van der Waals surface area contributed by atoms with Crippen molar-refractivity contribution in [3.8, 4) is 0 Å². The van der Waals surface area contributed by atoms with Gasteiger partial charge in [0.25, 0.3) is 0 Å². The van der Waals surface area contributed by atoms with E-state index in [1.165, 1.54) is 38.5 Å². The third kappa shape index (κ3) is 18.7. The molecule has 0 heterocycles. The lowest BCUT2D eigenvalue weighted by molar-refractivity contribution is -0.137. The first-order valence-electron chi connectivity index (χ1n) is 8.44. The molecule has 21 heavy (non-hydrogen) atoms.